The Bertz CT molecular complexity index is 654. The molecule has 0 aliphatic carbocycles. The molecule has 0 aliphatic heterocycles. The summed E-state index contributed by atoms with van der Waals surface area (Å²) in [6.45, 7) is 3.90. The first-order valence-electron chi connectivity index (χ1n) is 6.28. The quantitative estimate of drug-likeness (QED) is 0.835. The van der Waals surface area contributed by atoms with E-state index in [1.807, 2.05) is 26.0 Å². The van der Waals surface area contributed by atoms with Crippen LogP contribution in [-0.4, -0.2) is 16.1 Å². The standard InChI is InChI=1S/C15H16N2O3/c1-3-13-14(7-4-9(2)17-13)20-10-5-6-12(16)11(8-10)15(18)19/h4-8H,3,16H2,1-2H3,(H,18,19). The molecule has 1 heterocycles. The van der Waals surface area contributed by atoms with E-state index >= 15 is 0 Å². The zero-order valence-electron chi connectivity index (χ0n) is 11.4. The molecule has 0 atom stereocenters. The van der Waals surface area contributed by atoms with Crippen molar-refractivity contribution in [2.24, 2.45) is 0 Å². The fraction of sp³-hybridized carbons (Fsp3) is 0.200. The predicted octanol–water partition coefficient (Wildman–Crippen LogP) is 3.03. The number of carboxylic acids is 1. The van der Waals surface area contributed by atoms with Gasteiger partial charge in [0.15, 0.2) is 0 Å². The number of anilines is 1. The van der Waals surface area contributed by atoms with Crippen LogP contribution in [0.4, 0.5) is 5.69 Å². The topological polar surface area (TPSA) is 85.4 Å². The molecule has 20 heavy (non-hydrogen) atoms. The highest BCUT2D eigenvalue weighted by molar-refractivity contribution is 5.94. The Balaban J connectivity index is 2.35. The molecular formula is C15H16N2O3. The molecule has 0 fully saturated rings. The predicted molar refractivity (Wildman–Crippen MR) is 76.2 cm³/mol. The summed E-state index contributed by atoms with van der Waals surface area (Å²) < 4.78 is 5.72. The minimum Gasteiger partial charge on any atom is -0.478 e. The van der Waals surface area contributed by atoms with Crippen LogP contribution in [0, 0.1) is 6.92 Å². The largest absolute Gasteiger partial charge is 0.478 e. The third-order valence-corrected chi connectivity index (χ3v) is 2.89. The molecule has 104 valence electrons. The zero-order valence-corrected chi connectivity index (χ0v) is 11.4. The summed E-state index contributed by atoms with van der Waals surface area (Å²) >= 11 is 0. The molecule has 2 aromatic rings. The Morgan fingerprint density at radius 2 is 2.10 bits per heavy atom. The number of aromatic nitrogens is 1. The average Bonchev–Trinajstić information content (AvgIpc) is 2.42. The lowest BCUT2D eigenvalue weighted by molar-refractivity contribution is 0.0697. The highest BCUT2D eigenvalue weighted by Crippen LogP contribution is 2.27. The fourth-order valence-corrected chi connectivity index (χ4v) is 1.85. The third kappa shape index (κ3) is 2.88. The number of ether oxygens (including phenoxy) is 1. The van der Waals surface area contributed by atoms with Crippen LogP contribution in [0.5, 0.6) is 11.5 Å². The second kappa shape index (κ2) is 5.61. The van der Waals surface area contributed by atoms with E-state index in [1.54, 1.807) is 6.07 Å². The van der Waals surface area contributed by atoms with Crippen LogP contribution < -0.4 is 10.5 Å². The maximum atomic E-state index is 11.0. The number of benzene rings is 1. The van der Waals surface area contributed by atoms with Crippen molar-refractivity contribution >= 4 is 11.7 Å². The van der Waals surface area contributed by atoms with Gasteiger partial charge in [0.1, 0.15) is 11.5 Å². The van der Waals surface area contributed by atoms with E-state index < -0.39 is 5.97 Å². The van der Waals surface area contributed by atoms with Crippen molar-refractivity contribution in [2.75, 3.05) is 5.73 Å². The molecule has 1 aromatic carbocycles. The molecule has 5 heteroatoms. The minimum absolute atomic E-state index is 0.0284. The van der Waals surface area contributed by atoms with Gasteiger partial charge in [-0.3, -0.25) is 4.98 Å². The molecule has 0 saturated carbocycles. The highest BCUT2D eigenvalue weighted by atomic mass is 16.5. The summed E-state index contributed by atoms with van der Waals surface area (Å²) in [5.41, 5.74) is 7.60. The molecule has 3 N–H and O–H groups in total. The first kappa shape index (κ1) is 13.9. The number of pyridine rings is 1. The number of aromatic carboxylic acids is 1. The Morgan fingerprint density at radius 3 is 2.75 bits per heavy atom. The van der Waals surface area contributed by atoms with Crippen molar-refractivity contribution in [1.29, 1.82) is 0 Å². The second-order valence-corrected chi connectivity index (χ2v) is 4.41. The van der Waals surface area contributed by atoms with E-state index in [0.29, 0.717) is 11.5 Å². The van der Waals surface area contributed by atoms with Gasteiger partial charge in [-0.1, -0.05) is 6.92 Å². The van der Waals surface area contributed by atoms with Crippen LogP contribution in [0.25, 0.3) is 0 Å². The lowest BCUT2D eigenvalue weighted by atomic mass is 10.1. The third-order valence-electron chi connectivity index (χ3n) is 2.89. The van der Waals surface area contributed by atoms with E-state index in [4.69, 9.17) is 15.6 Å². The lowest BCUT2D eigenvalue weighted by Crippen LogP contribution is -2.03. The van der Waals surface area contributed by atoms with Crippen molar-refractivity contribution in [3.63, 3.8) is 0 Å². The molecular weight excluding hydrogens is 256 g/mol. The normalized spacial score (nSPS) is 10.3. The van der Waals surface area contributed by atoms with Gasteiger partial charge < -0.3 is 15.6 Å². The maximum absolute atomic E-state index is 11.0. The van der Waals surface area contributed by atoms with Crippen LogP contribution in [0.1, 0.15) is 28.7 Å². The van der Waals surface area contributed by atoms with Crippen molar-refractivity contribution in [3.05, 3.63) is 47.3 Å². The molecule has 0 bridgehead atoms. The zero-order chi connectivity index (χ0) is 14.7. The molecule has 0 saturated heterocycles. The van der Waals surface area contributed by atoms with E-state index in [1.165, 1.54) is 12.1 Å². The summed E-state index contributed by atoms with van der Waals surface area (Å²) in [5.74, 6) is -0.0261. The summed E-state index contributed by atoms with van der Waals surface area (Å²) in [6, 6.07) is 8.26. The van der Waals surface area contributed by atoms with Gasteiger partial charge in [-0.25, -0.2) is 4.79 Å². The molecule has 0 amide bonds. The van der Waals surface area contributed by atoms with Crippen molar-refractivity contribution in [1.82, 2.24) is 4.98 Å². The van der Waals surface area contributed by atoms with Gasteiger partial charge in [-0.2, -0.15) is 0 Å². The fourth-order valence-electron chi connectivity index (χ4n) is 1.85. The van der Waals surface area contributed by atoms with Gasteiger partial charge in [0, 0.05) is 11.4 Å². The smallest absolute Gasteiger partial charge is 0.337 e. The van der Waals surface area contributed by atoms with Crippen LogP contribution in [-0.2, 0) is 6.42 Å². The van der Waals surface area contributed by atoms with E-state index in [2.05, 4.69) is 4.98 Å². The summed E-state index contributed by atoms with van der Waals surface area (Å²) in [5, 5.41) is 9.05. The summed E-state index contributed by atoms with van der Waals surface area (Å²) in [6.07, 6.45) is 0.734. The molecule has 1 aromatic heterocycles. The Labute approximate surface area is 117 Å². The van der Waals surface area contributed by atoms with Gasteiger partial charge in [-0.05, 0) is 43.7 Å². The number of hydrogen-bond acceptors (Lipinski definition) is 4. The Kier molecular flexibility index (Phi) is 3.89. The number of carbonyl (C=O) groups is 1. The Hall–Kier alpha value is -2.56. The minimum atomic E-state index is -1.08. The first-order valence-corrected chi connectivity index (χ1v) is 6.28. The number of carboxylic acid groups (broad SMARTS) is 1. The van der Waals surface area contributed by atoms with Gasteiger partial charge >= 0.3 is 5.97 Å². The van der Waals surface area contributed by atoms with E-state index in [9.17, 15) is 4.79 Å². The number of nitrogen functional groups attached to an aromatic ring is 1. The summed E-state index contributed by atoms with van der Waals surface area (Å²) in [7, 11) is 0. The molecule has 2 rings (SSSR count). The SMILES string of the molecule is CCc1nc(C)ccc1Oc1ccc(N)c(C(=O)O)c1. The summed E-state index contributed by atoms with van der Waals surface area (Å²) in [4.78, 5) is 15.4. The van der Waals surface area contributed by atoms with Gasteiger partial charge in [0.05, 0.1) is 11.3 Å². The van der Waals surface area contributed by atoms with Crippen molar-refractivity contribution in [2.45, 2.75) is 20.3 Å². The van der Waals surface area contributed by atoms with Gasteiger partial charge in [0.2, 0.25) is 0 Å². The van der Waals surface area contributed by atoms with Crippen molar-refractivity contribution in [3.8, 4) is 11.5 Å². The molecule has 5 nitrogen and oxygen atoms in total. The van der Waals surface area contributed by atoms with Crippen LogP contribution in [0.15, 0.2) is 30.3 Å². The maximum Gasteiger partial charge on any atom is 0.337 e. The average molecular weight is 272 g/mol. The first-order chi connectivity index (χ1) is 9.51. The monoisotopic (exact) mass is 272 g/mol. The highest BCUT2D eigenvalue weighted by Gasteiger charge is 2.11. The lowest BCUT2D eigenvalue weighted by Gasteiger charge is -2.11. The van der Waals surface area contributed by atoms with Crippen LogP contribution in [0.2, 0.25) is 0 Å². The van der Waals surface area contributed by atoms with Gasteiger partial charge in [-0.15, -0.1) is 0 Å². The Morgan fingerprint density at radius 1 is 1.35 bits per heavy atom. The number of nitrogens with two attached hydrogens (primary N) is 1. The number of hydrogen-bond donors (Lipinski definition) is 2. The van der Waals surface area contributed by atoms with Crippen LogP contribution >= 0.6 is 0 Å². The number of nitrogens with zero attached hydrogens (tertiary/aromatic N) is 1. The second-order valence-electron chi connectivity index (χ2n) is 4.41. The van der Waals surface area contributed by atoms with E-state index in [-0.39, 0.29) is 11.3 Å². The van der Waals surface area contributed by atoms with Crippen LogP contribution in [0.3, 0.4) is 0 Å². The number of rotatable bonds is 4. The van der Waals surface area contributed by atoms with Gasteiger partial charge in [0.25, 0.3) is 0 Å². The molecule has 0 radical (unpaired) electrons. The molecule has 0 aliphatic rings. The molecule has 0 unspecified atom stereocenters. The molecule has 0 spiro atoms. The number of aryl methyl sites for hydroxylation is 2. The van der Waals surface area contributed by atoms with E-state index in [0.717, 1.165) is 17.8 Å². The van der Waals surface area contributed by atoms with Crippen molar-refractivity contribution < 1.29 is 14.6 Å².